The zero-order valence-electron chi connectivity index (χ0n) is 12.1. The fourth-order valence-electron chi connectivity index (χ4n) is 2.24. The van der Waals surface area contributed by atoms with Gasteiger partial charge in [0.1, 0.15) is 6.26 Å². The van der Waals surface area contributed by atoms with Crippen LogP contribution < -0.4 is 5.56 Å². The summed E-state index contributed by atoms with van der Waals surface area (Å²) in [7, 11) is 1.74. The van der Waals surface area contributed by atoms with E-state index in [0.29, 0.717) is 0 Å². The maximum atomic E-state index is 11.7. The Hall–Kier alpha value is -1.52. The minimum atomic E-state index is -1.00. The summed E-state index contributed by atoms with van der Waals surface area (Å²) < 4.78 is 13.2. The van der Waals surface area contributed by atoms with Crippen LogP contribution in [0.2, 0.25) is 0 Å². The number of aryl methyl sites for hydroxylation is 2. The van der Waals surface area contributed by atoms with Gasteiger partial charge in [0.25, 0.3) is 0 Å². The predicted molar refractivity (Wildman–Crippen MR) is 83.4 cm³/mol. The van der Waals surface area contributed by atoms with E-state index in [1.54, 1.807) is 23.9 Å². The summed E-state index contributed by atoms with van der Waals surface area (Å²) in [6.07, 6.45) is 5.53. The van der Waals surface area contributed by atoms with E-state index >= 15 is 0 Å². The average molecular weight is 289 g/mol. The molecule has 0 bridgehead atoms. The highest BCUT2D eigenvalue weighted by Crippen LogP contribution is 2.27. The van der Waals surface area contributed by atoms with E-state index in [-0.39, 0.29) is 5.56 Å². The van der Waals surface area contributed by atoms with Crippen molar-refractivity contribution in [3.05, 3.63) is 52.4 Å². The Labute approximate surface area is 122 Å². The lowest BCUT2D eigenvalue weighted by Gasteiger charge is -2.12. The fraction of sp³-hybridized carbons (Fsp3) is 0.312. The predicted octanol–water partition coefficient (Wildman–Crippen LogP) is 2.74. The maximum Gasteiger partial charge on any atom is 0.250 e. The Balaban J connectivity index is 2.58. The molecule has 0 aliphatic rings. The summed E-state index contributed by atoms with van der Waals surface area (Å²) in [5.41, 5.74) is 3.25. The number of pyridine rings is 1. The van der Waals surface area contributed by atoms with Crippen LogP contribution in [0.15, 0.2) is 46.2 Å². The van der Waals surface area contributed by atoms with Crippen molar-refractivity contribution < 1.29 is 4.55 Å². The molecule has 1 unspecified atom stereocenters. The zero-order valence-corrected chi connectivity index (χ0v) is 12.9. The first kappa shape index (κ1) is 14.9. The van der Waals surface area contributed by atoms with Gasteiger partial charge in [0.2, 0.25) is 5.56 Å². The van der Waals surface area contributed by atoms with Crippen molar-refractivity contribution in [3.63, 3.8) is 0 Å². The summed E-state index contributed by atoms with van der Waals surface area (Å²) in [5.74, 6) is 0. The van der Waals surface area contributed by atoms with E-state index in [4.69, 9.17) is 0 Å². The van der Waals surface area contributed by atoms with Crippen LogP contribution in [-0.4, -0.2) is 15.4 Å². The first-order valence-corrected chi connectivity index (χ1v) is 8.22. The molecule has 1 atom stereocenters. The first-order chi connectivity index (χ1) is 9.52. The van der Waals surface area contributed by atoms with Crippen LogP contribution in [0.3, 0.4) is 0 Å². The summed E-state index contributed by atoms with van der Waals surface area (Å²) in [4.78, 5) is 12.3. The molecule has 0 fully saturated rings. The molecule has 0 amide bonds. The summed E-state index contributed by atoms with van der Waals surface area (Å²) in [6.45, 7) is 2.14. The van der Waals surface area contributed by atoms with Crippen molar-refractivity contribution in [2.24, 2.45) is 7.05 Å². The van der Waals surface area contributed by atoms with E-state index in [0.717, 1.165) is 28.9 Å². The third kappa shape index (κ3) is 3.14. The smallest absolute Gasteiger partial charge is 0.250 e. The number of nitrogens with zero attached hydrogens (tertiary/aromatic N) is 1. The maximum absolute atomic E-state index is 11.7. The molecule has 106 valence electrons. The van der Waals surface area contributed by atoms with E-state index in [1.807, 2.05) is 30.5 Å². The van der Waals surface area contributed by atoms with Crippen LogP contribution in [-0.2, 0) is 24.6 Å². The molecule has 1 heterocycles. The molecule has 0 radical (unpaired) electrons. The minimum Gasteiger partial charge on any atom is -0.612 e. The summed E-state index contributed by atoms with van der Waals surface area (Å²) in [6, 6.07) is 9.34. The van der Waals surface area contributed by atoms with Crippen LogP contribution >= 0.6 is 0 Å². The molecule has 0 aliphatic heterocycles. The lowest BCUT2D eigenvalue weighted by molar-refractivity contribution is 0.601. The van der Waals surface area contributed by atoms with Crippen molar-refractivity contribution >= 4 is 11.2 Å². The molecule has 4 heteroatoms. The molecular formula is C16H19NO2S. The van der Waals surface area contributed by atoms with Gasteiger partial charge < -0.3 is 9.12 Å². The second-order valence-electron chi connectivity index (χ2n) is 4.89. The van der Waals surface area contributed by atoms with Crippen LogP contribution in [0, 0.1) is 0 Å². The second-order valence-corrected chi connectivity index (χ2v) is 6.27. The Morgan fingerprint density at radius 2 is 2.00 bits per heavy atom. The highest BCUT2D eigenvalue weighted by molar-refractivity contribution is 7.90. The molecule has 20 heavy (non-hydrogen) atoms. The van der Waals surface area contributed by atoms with Gasteiger partial charge in [-0.3, -0.25) is 4.79 Å². The largest absolute Gasteiger partial charge is 0.612 e. The average Bonchev–Trinajstić information content (AvgIpc) is 2.42. The van der Waals surface area contributed by atoms with Crippen molar-refractivity contribution in [1.82, 2.24) is 4.57 Å². The normalized spacial score (nSPS) is 12.4. The Morgan fingerprint density at radius 1 is 1.25 bits per heavy atom. The summed E-state index contributed by atoms with van der Waals surface area (Å²) in [5, 5.41) is 0. The highest BCUT2D eigenvalue weighted by Gasteiger charge is 2.11. The van der Waals surface area contributed by atoms with Crippen LogP contribution in [0.5, 0.6) is 0 Å². The Kier molecular flexibility index (Phi) is 4.68. The van der Waals surface area contributed by atoms with E-state index in [9.17, 15) is 9.35 Å². The lowest BCUT2D eigenvalue weighted by Crippen LogP contribution is -2.14. The zero-order chi connectivity index (χ0) is 14.7. The molecule has 0 aliphatic carbocycles. The standard InChI is InChI=1S/C16H19NO2S/c1-4-5-12-6-8-14(20(3)19)10-15(12)13-7-9-16(18)17(2)11-13/h6-11H,4-5H2,1-3H3. The molecule has 3 nitrogen and oxygen atoms in total. The first-order valence-electron chi connectivity index (χ1n) is 6.66. The quantitative estimate of drug-likeness (QED) is 0.812. The Bertz CT molecular complexity index is 662. The molecular weight excluding hydrogens is 270 g/mol. The molecule has 2 aromatic rings. The minimum absolute atomic E-state index is 0.0268. The summed E-state index contributed by atoms with van der Waals surface area (Å²) >= 11 is -1.00. The van der Waals surface area contributed by atoms with Gasteiger partial charge in [-0.15, -0.1) is 0 Å². The molecule has 0 spiro atoms. The van der Waals surface area contributed by atoms with Crippen molar-refractivity contribution in [1.29, 1.82) is 0 Å². The van der Waals surface area contributed by atoms with E-state index in [1.165, 1.54) is 5.56 Å². The van der Waals surface area contributed by atoms with Gasteiger partial charge >= 0.3 is 0 Å². The molecule has 1 aromatic heterocycles. The van der Waals surface area contributed by atoms with Gasteiger partial charge in [0.15, 0.2) is 4.90 Å². The Morgan fingerprint density at radius 3 is 2.60 bits per heavy atom. The van der Waals surface area contributed by atoms with E-state index in [2.05, 4.69) is 6.92 Å². The topological polar surface area (TPSA) is 45.1 Å². The van der Waals surface area contributed by atoms with E-state index < -0.39 is 11.2 Å². The number of hydrogen-bond acceptors (Lipinski definition) is 2. The molecule has 1 aromatic carbocycles. The van der Waals surface area contributed by atoms with Crippen molar-refractivity contribution in [3.8, 4) is 11.1 Å². The third-order valence-corrected chi connectivity index (χ3v) is 4.25. The monoisotopic (exact) mass is 289 g/mol. The van der Waals surface area contributed by atoms with Gasteiger partial charge in [-0.1, -0.05) is 19.4 Å². The van der Waals surface area contributed by atoms with Gasteiger partial charge in [-0.25, -0.2) is 0 Å². The number of hydrogen-bond donors (Lipinski definition) is 0. The van der Waals surface area contributed by atoms with Crippen molar-refractivity contribution in [2.45, 2.75) is 24.7 Å². The van der Waals surface area contributed by atoms with Gasteiger partial charge in [-0.2, -0.15) is 0 Å². The molecule has 2 rings (SSSR count). The van der Waals surface area contributed by atoms with Crippen LogP contribution in [0.1, 0.15) is 18.9 Å². The lowest BCUT2D eigenvalue weighted by atomic mass is 9.98. The van der Waals surface area contributed by atoms with Gasteiger partial charge in [-0.05, 0) is 46.4 Å². The number of aromatic nitrogens is 1. The highest BCUT2D eigenvalue weighted by atomic mass is 32.2. The fourth-order valence-corrected chi connectivity index (χ4v) is 2.79. The van der Waals surface area contributed by atoms with Crippen molar-refractivity contribution in [2.75, 3.05) is 6.26 Å². The molecule has 0 saturated heterocycles. The van der Waals surface area contributed by atoms with Crippen LogP contribution in [0.4, 0.5) is 0 Å². The molecule has 0 N–H and O–H groups in total. The van der Waals surface area contributed by atoms with Gasteiger partial charge in [0.05, 0.1) is 0 Å². The SMILES string of the molecule is CCCc1ccc([S+](C)[O-])cc1-c1ccc(=O)n(C)c1. The number of benzene rings is 1. The number of rotatable bonds is 4. The second kappa shape index (κ2) is 6.29. The third-order valence-electron chi connectivity index (χ3n) is 3.33. The van der Waals surface area contributed by atoms with Crippen LogP contribution in [0.25, 0.3) is 11.1 Å². The molecule has 0 saturated carbocycles. The van der Waals surface area contributed by atoms with Gasteiger partial charge in [0, 0.05) is 25.4 Å².